The lowest BCUT2D eigenvalue weighted by Crippen LogP contribution is -2.70. The molecule has 0 aromatic heterocycles. The highest BCUT2D eigenvalue weighted by Gasteiger charge is 2.75. The van der Waals surface area contributed by atoms with Crippen LogP contribution in [-0.4, -0.2) is 45.9 Å². The van der Waals surface area contributed by atoms with Crippen molar-refractivity contribution in [3.8, 4) is 0 Å². The molecule has 0 bridgehead atoms. The average Bonchev–Trinajstić information content (AvgIpc) is 2.97. The van der Waals surface area contributed by atoms with Crippen molar-refractivity contribution in [3.63, 3.8) is 0 Å². The van der Waals surface area contributed by atoms with Crippen molar-refractivity contribution >= 4 is 29.1 Å². The van der Waals surface area contributed by atoms with Crippen LogP contribution < -0.4 is 0 Å². The Bertz CT molecular complexity index is 914. The molecule has 8 atom stereocenters. The molecule has 1 N–H and O–H groups in total. The molecule has 0 spiro atoms. The summed E-state index contributed by atoms with van der Waals surface area (Å²) >= 11 is 5.92. The van der Waals surface area contributed by atoms with Crippen LogP contribution in [0.2, 0.25) is 0 Å². The lowest BCUT2D eigenvalue weighted by molar-refractivity contribution is -0.226. The molecular formula is C24H30ClFO5. The van der Waals surface area contributed by atoms with Crippen LogP contribution in [-0.2, 0) is 19.1 Å². The van der Waals surface area contributed by atoms with E-state index in [4.69, 9.17) is 16.3 Å². The number of carbonyl (C=O) groups is 3. The van der Waals surface area contributed by atoms with Gasteiger partial charge in [-0.25, -0.2) is 4.39 Å². The molecule has 0 heterocycles. The van der Waals surface area contributed by atoms with Gasteiger partial charge in [-0.1, -0.05) is 25.5 Å². The zero-order valence-electron chi connectivity index (χ0n) is 18.4. The zero-order chi connectivity index (χ0) is 23.0. The second-order valence-corrected chi connectivity index (χ2v) is 10.6. The molecule has 31 heavy (non-hydrogen) atoms. The molecule has 3 fully saturated rings. The molecule has 3 saturated carbocycles. The summed E-state index contributed by atoms with van der Waals surface area (Å²) in [4.78, 5) is 37.1. The maximum Gasteiger partial charge on any atom is 0.303 e. The van der Waals surface area contributed by atoms with Crippen molar-refractivity contribution in [2.45, 2.75) is 70.8 Å². The third kappa shape index (κ3) is 2.67. The topological polar surface area (TPSA) is 80.7 Å². The fraction of sp³-hybridized carbons (Fsp3) is 0.708. The maximum atomic E-state index is 17.2. The number of aliphatic hydroxyl groups is 1. The highest BCUT2D eigenvalue weighted by Crippen LogP contribution is 2.71. The fourth-order valence-electron chi connectivity index (χ4n) is 7.62. The summed E-state index contributed by atoms with van der Waals surface area (Å²) < 4.78 is 22.8. The van der Waals surface area contributed by atoms with Crippen LogP contribution >= 0.6 is 11.6 Å². The zero-order valence-corrected chi connectivity index (χ0v) is 19.2. The van der Waals surface area contributed by atoms with Crippen LogP contribution in [0.1, 0.15) is 53.4 Å². The van der Waals surface area contributed by atoms with Crippen LogP contribution in [0.15, 0.2) is 23.8 Å². The van der Waals surface area contributed by atoms with E-state index in [1.165, 1.54) is 19.1 Å². The van der Waals surface area contributed by atoms with Crippen LogP contribution in [0, 0.1) is 28.6 Å². The highest BCUT2D eigenvalue weighted by molar-refractivity contribution is 6.29. The van der Waals surface area contributed by atoms with Crippen molar-refractivity contribution < 1.29 is 28.6 Å². The van der Waals surface area contributed by atoms with Gasteiger partial charge in [0.05, 0.1) is 12.0 Å². The molecule has 0 saturated heterocycles. The molecule has 0 aromatic carbocycles. The molecule has 4 aliphatic rings. The van der Waals surface area contributed by atoms with Gasteiger partial charge < -0.3 is 9.84 Å². The van der Waals surface area contributed by atoms with E-state index in [1.807, 2.05) is 13.8 Å². The van der Waals surface area contributed by atoms with Gasteiger partial charge in [0.15, 0.2) is 22.8 Å². The number of alkyl halides is 2. The minimum absolute atomic E-state index is 0.0282. The molecular weight excluding hydrogens is 423 g/mol. The number of Topliss-reactive ketones (excluding diaryl/α,β-unsaturated/α-hetero) is 1. The number of fused-ring (bicyclic) bond motifs is 5. The van der Waals surface area contributed by atoms with Crippen molar-refractivity contribution in [2.75, 3.05) is 5.88 Å². The van der Waals surface area contributed by atoms with E-state index in [9.17, 15) is 19.5 Å². The Kier molecular flexibility index (Phi) is 5.10. The SMILES string of the molecule is CC(=O)O[C@]1(C(=O)CCl)CC[C@H]2[C@@H]3C[C@@H](C)C4=CC(=O)C=C[C@]4(C)[C@@]3(F)[C@@H](O)C[C@@]21C. The summed E-state index contributed by atoms with van der Waals surface area (Å²) in [5.74, 6) is -2.37. The Morgan fingerprint density at radius 3 is 2.61 bits per heavy atom. The molecule has 170 valence electrons. The Balaban J connectivity index is 1.85. The smallest absolute Gasteiger partial charge is 0.303 e. The lowest BCUT2D eigenvalue weighted by atomic mass is 9.43. The number of ether oxygens (including phenoxy) is 1. The largest absolute Gasteiger partial charge is 0.451 e. The molecule has 4 aliphatic carbocycles. The quantitative estimate of drug-likeness (QED) is 0.521. The first kappa shape index (κ1) is 22.7. The summed E-state index contributed by atoms with van der Waals surface area (Å²) in [5, 5.41) is 11.3. The van der Waals surface area contributed by atoms with Crippen molar-refractivity contribution in [2.24, 2.45) is 28.6 Å². The summed E-state index contributed by atoms with van der Waals surface area (Å²) in [6, 6.07) is 0. The molecule has 0 amide bonds. The first-order valence-corrected chi connectivity index (χ1v) is 11.5. The second kappa shape index (κ2) is 6.98. The third-order valence-electron chi connectivity index (χ3n) is 8.98. The number of aliphatic hydroxyl groups excluding tert-OH is 1. The van der Waals surface area contributed by atoms with Gasteiger partial charge in [0.25, 0.3) is 0 Å². The molecule has 0 radical (unpaired) electrons. The van der Waals surface area contributed by atoms with E-state index in [-0.39, 0.29) is 36.3 Å². The van der Waals surface area contributed by atoms with Crippen molar-refractivity contribution in [1.82, 2.24) is 0 Å². The summed E-state index contributed by atoms with van der Waals surface area (Å²) in [5.41, 5.74) is -4.81. The molecule has 5 nitrogen and oxygen atoms in total. The van der Waals surface area contributed by atoms with Crippen LogP contribution in [0.25, 0.3) is 0 Å². The number of esters is 1. The van der Waals surface area contributed by atoms with Gasteiger partial charge in [0.1, 0.15) is 0 Å². The second-order valence-electron chi connectivity index (χ2n) is 10.3. The van der Waals surface area contributed by atoms with E-state index in [2.05, 4.69) is 0 Å². The molecule has 0 aromatic rings. The average molecular weight is 453 g/mol. The normalized spacial score (nSPS) is 48.4. The summed E-state index contributed by atoms with van der Waals surface area (Å²) in [6.07, 6.45) is 4.29. The lowest BCUT2D eigenvalue weighted by Gasteiger charge is -2.63. The van der Waals surface area contributed by atoms with Gasteiger partial charge in [-0.05, 0) is 56.6 Å². The van der Waals surface area contributed by atoms with E-state index in [0.717, 1.165) is 0 Å². The minimum Gasteiger partial charge on any atom is -0.451 e. The third-order valence-corrected chi connectivity index (χ3v) is 9.22. The van der Waals surface area contributed by atoms with Crippen molar-refractivity contribution in [3.05, 3.63) is 23.8 Å². The summed E-state index contributed by atoms with van der Waals surface area (Å²) in [7, 11) is 0. The van der Waals surface area contributed by atoms with E-state index < -0.39 is 45.9 Å². The molecule has 0 unspecified atom stereocenters. The number of hydrogen-bond acceptors (Lipinski definition) is 5. The predicted molar refractivity (Wildman–Crippen MR) is 113 cm³/mol. The monoisotopic (exact) mass is 452 g/mol. The van der Waals surface area contributed by atoms with Crippen LogP contribution in [0.4, 0.5) is 4.39 Å². The van der Waals surface area contributed by atoms with Gasteiger partial charge >= 0.3 is 5.97 Å². The Morgan fingerprint density at radius 1 is 1.32 bits per heavy atom. The van der Waals surface area contributed by atoms with Gasteiger partial charge in [0.2, 0.25) is 0 Å². The van der Waals surface area contributed by atoms with Crippen LogP contribution in [0.5, 0.6) is 0 Å². The Hall–Kier alpha value is -1.53. The number of allylic oxidation sites excluding steroid dienone is 4. The number of halogens is 2. The van der Waals surface area contributed by atoms with Gasteiger partial charge in [-0.3, -0.25) is 14.4 Å². The van der Waals surface area contributed by atoms with E-state index in [0.29, 0.717) is 18.4 Å². The summed E-state index contributed by atoms with van der Waals surface area (Å²) in [6.45, 7) is 6.82. The maximum absolute atomic E-state index is 17.2. The van der Waals surface area contributed by atoms with Crippen LogP contribution in [0.3, 0.4) is 0 Å². The predicted octanol–water partition coefficient (Wildman–Crippen LogP) is 3.71. The number of hydrogen-bond donors (Lipinski definition) is 1. The highest BCUT2D eigenvalue weighted by atomic mass is 35.5. The Morgan fingerprint density at radius 2 is 2.00 bits per heavy atom. The van der Waals surface area contributed by atoms with E-state index >= 15 is 4.39 Å². The van der Waals surface area contributed by atoms with Gasteiger partial charge in [-0.2, -0.15) is 0 Å². The first-order chi connectivity index (χ1) is 14.4. The van der Waals surface area contributed by atoms with Crippen molar-refractivity contribution in [1.29, 1.82) is 0 Å². The molecule has 7 heteroatoms. The Labute approximate surface area is 187 Å². The first-order valence-electron chi connectivity index (χ1n) is 11.0. The standard InChI is InChI=1S/C24H30ClFO5/c1-13-9-18-16-6-8-23(20(30)12-25,31-14(2)27)22(16,4)11-19(29)24(18,26)21(3)7-5-15(28)10-17(13)21/h5,7,10,13,16,18-19,29H,6,8-9,11-12H2,1-4H3/t13-,16+,18+,19+,21+,22+,23+,24+/m1/s1. The molecule has 4 rings (SSSR count). The fourth-order valence-corrected chi connectivity index (χ4v) is 7.84. The van der Waals surface area contributed by atoms with Gasteiger partial charge in [0, 0.05) is 23.7 Å². The molecule has 0 aliphatic heterocycles. The number of rotatable bonds is 3. The number of carbonyl (C=O) groups excluding carboxylic acids is 3. The van der Waals surface area contributed by atoms with E-state index in [1.54, 1.807) is 13.0 Å². The van der Waals surface area contributed by atoms with Gasteiger partial charge in [-0.15, -0.1) is 11.6 Å². The number of ketones is 2. The minimum atomic E-state index is -2.00.